The Morgan fingerprint density at radius 2 is 0.515 bits per heavy atom. The van der Waals surface area contributed by atoms with Gasteiger partial charge in [-0.2, -0.15) is 0 Å². The molecular weight excluding hydrogens is 1560 g/mol. The molecular formula is C130H208. The molecule has 0 aliphatic rings. The van der Waals surface area contributed by atoms with Gasteiger partial charge in [-0.25, -0.2) is 0 Å². The van der Waals surface area contributed by atoms with E-state index in [9.17, 15) is 0 Å². The van der Waals surface area contributed by atoms with Crippen LogP contribution >= 0.6 is 0 Å². The van der Waals surface area contributed by atoms with Crippen LogP contribution in [0.25, 0.3) is 0 Å². The Balaban J connectivity index is -0.000000154. The lowest BCUT2D eigenvalue weighted by atomic mass is 10.1. The fraction of sp³-hybridized carbons (Fsp3) is 0.446. The zero-order chi connectivity index (χ0) is 102. The molecule has 0 nitrogen and oxygen atoms in total. The predicted molar refractivity (Wildman–Crippen MR) is 618 cm³/mol. The summed E-state index contributed by atoms with van der Waals surface area (Å²) in [5.41, 5.74) is 30.6. The minimum Gasteiger partial charge on any atom is -0.102 e. The number of allylic oxidation sites excluding steroid dienone is 57. The van der Waals surface area contributed by atoms with Gasteiger partial charge in [-0.3, -0.25) is 0 Å². The summed E-state index contributed by atoms with van der Waals surface area (Å²) in [6.07, 6.45) is 101. The van der Waals surface area contributed by atoms with Crippen molar-refractivity contribution < 1.29 is 0 Å². The molecule has 0 aliphatic carbocycles. The summed E-state index contributed by atoms with van der Waals surface area (Å²) in [4.78, 5) is 0. The van der Waals surface area contributed by atoms with Crippen LogP contribution in [-0.2, 0) is 0 Å². The average molecular weight is 1770 g/mol. The molecule has 0 rings (SSSR count). The van der Waals surface area contributed by atoms with Crippen molar-refractivity contribution >= 4 is 0 Å². The summed E-state index contributed by atoms with van der Waals surface area (Å²) in [7, 11) is 0. The van der Waals surface area contributed by atoms with Crippen LogP contribution in [0.4, 0.5) is 0 Å². The van der Waals surface area contributed by atoms with Crippen LogP contribution in [0.3, 0.4) is 0 Å². The van der Waals surface area contributed by atoms with Gasteiger partial charge >= 0.3 is 0 Å². The monoisotopic (exact) mass is 1770 g/mol. The first kappa shape index (κ1) is 141. The molecule has 0 fully saturated rings. The molecule has 130 heavy (non-hydrogen) atoms. The summed E-state index contributed by atoms with van der Waals surface area (Å²) in [5, 5.41) is 0. The van der Waals surface area contributed by atoms with E-state index in [-0.39, 0.29) is 0 Å². The van der Waals surface area contributed by atoms with Crippen molar-refractivity contribution in [2.24, 2.45) is 11.8 Å². The lowest BCUT2D eigenvalue weighted by molar-refractivity contribution is 0.663. The molecule has 0 heteroatoms. The molecule has 0 saturated carbocycles. The summed E-state index contributed by atoms with van der Waals surface area (Å²) in [6.45, 7) is 121. The van der Waals surface area contributed by atoms with Crippen LogP contribution in [-0.4, -0.2) is 0 Å². The van der Waals surface area contributed by atoms with Crippen molar-refractivity contribution in [3.05, 3.63) is 433 Å². The Labute approximate surface area is 814 Å². The van der Waals surface area contributed by atoms with E-state index in [4.69, 9.17) is 0 Å². The number of hydrogen-bond acceptors (Lipinski definition) is 0. The molecule has 0 radical (unpaired) electrons. The molecule has 0 aromatic heterocycles. The third-order valence-electron chi connectivity index (χ3n) is 18.9. The molecule has 0 bridgehead atoms. The largest absolute Gasteiger partial charge is 0.102 e. The molecule has 0 saturated heterocycles. The Bertz CT molecular complexity index is 3670. The van der Waals surface area contributed by atoms with E-state index >= 15 is 0 Å². The van der Waals surface area contributed by atoms with Gasteiger partial charge in [-0.15, -0.1) is 6.58 Å². The van der Waals surface area contributed by atoms with Gasteiger partial charge in [0.25, 0.3) is 0 Å². The van der Waals surface area contributed by atoms with Crippen molar-refractivity contribution in [1.82, 2.24) is 0 Å². The summed E-state index contributed by atoms with van der Waals surface area (Å²) >= 11 is 0. The van der Waals surface area contributed by atoms with Crippen molar-refractivity contribution in [2.45, 2.75) is 375 Å². The average Bonchev–Trinajstić information content (AvgIpc) is 1.03. The van der Waals surface area contributed by atoms with Crippen molar-refractivity contribution in [2.75, 3.05) is 0 Å². The second-order valence-electron chi connectivity index (χ2n) is 36.2. The van der Waals surface area contributed by atoms with E-state index in [1.54, 1.807) is 0 Å². The molecule has 0 spiro atoms. The van der Waals surface area contributed by atoms with E-state index < -0.39 is 0 Å². The third-order valence-corrected chi connectivity index (χ3v) is 18.9. The molecule has 0 heterocycles. The van der Waals surface area contributed by atoms with Crippen molar-refractivity contribution in [3.63, 3.8) is 0 Å². The first-order valence-electron chi connectivity index (χ1n) is 48.5. The van der Waals surface area contributed by atoms with Crippen LogP contribution in [0.2, 0.25) is 0 Å². The fourth-order valence-electron chi connectivity index (χ4n) is 9.96. The Kier molecular flexibility index (Phi) is 116. The van der Waals surface area contributed by atoms with E-state index in [1.165, 1.54) is 132 Å². The molecule has 0 aromatic rings. The fourth-order valence-corrected chi connectivity index (χ4v) is 9.96. The minimum atomic E-state index is 0.482. The highest BCUT2D eigenvalue weighted by atomic mass is 14.0. The van der Waals surface area contributed by atoms with Gasteiger partial charge in [-0.1, -0.05) is 455 Å². The lowest BCUT2D eigenvalue weighted by Crippen LogP contribution is -1.81. The zero-order valence-electron chi connectivity index (χ0n) is 91.3. The highest BCUT2D eigenvalue weighted by Gasteiger charge is 1.97. The van der Waals surface area contributed by atoms with E-state index in [0.717, 1.165) is 169 Å². The van der Waals surface area contributed by atoms with Crippen molar-refractivity contribution in [3.8, 4) is 0 Å². The SMILES string of the molecule is C=C/C(=C\CC=C(C)C)CC.C=C/C(C)=C/C/C=C(\C)CCC=C(C)C.C=C/C(C)=C/CC=C(C)C.C=C/C=C/C/C=C(\C)CCC=C(C)C.C=CC(=C)CC/C=C(/C)CCC=C(C)C.C=CC(=C)CC/C=C(C)/C=C\CC(C)C.C=CC(=C)CC/C=C(\C)CCC=C(C)C.C=CC(=C)CC/C=C(\C)CCC=C(C)C.C=CC(=C)CCC=C(C)C.C=CC(C)/C=C\C=C(C)C. The van der Waals surface area contributed by atoms with E-state index in [1.807, 2.05) is 66.8 Å². The smallest absolute Gasteiger partial charge is 0.00814 e. The second kappa shape index (κ2) is 107. The van der Waals surface area contributed by atoms with Gasteiger partial charge in [0, 0.05) is 0 Å². The van der Waals surface area contributed by atoms with Gasteiger partial charge in [-0.05, 0) is 359 Å². The summed E-state index contributed by atoms with van der Waals surface area (Å²) < 4.78 is 0. The molecule has 728 valence electrons. The highest BCUT2D eigenvalue weighted by molar-refractivity contribution is 5.22. The normalized spacial score (nSPS) is 11.4. The molecule has 1 unspecified atom stereocenters. The van der Waals surface area contributed by atoms with Gasteiger partial charge < -0.3 is 0 Å². The lowest BCUT2D eigenvalue weighted by Gasteiger charge is -2.00. The summed E-state index contributed by atoms with van der Waals surface area (Å²) in [5.74, 6) is 1.23. The quantitative estimate of drug-likeness (QED) is 0.0421. The molecule has 0 amide bonds. The van der Waals surface area contributed by atoms with Crippen LogP contribution in [0, 0.1) is 11.8 Å². The highest BCUT2D eigenvalue weighted by Crippen LogP contribution is 2.17. The van der Waals surface area contributed by atoms with Crippen molar-refractivity contribution in [1.29, 1.82) is 0 Å². The number of rotatable bonds is 54. The first-order valence-corrected chi connectivity index (χ1v) is 48.5. The van der Waals surface area contributed by atoms with E-state index in [0.29, 0.717) is 5.92 Å². The van der Waals surface area contributed by atoms with Crippen LogP contribution in [0.1, 0.15) is 375 Å². The van der Waals surface area contributed by atoms with Gasteiger partial charge in [0.15, 0.2) is 0 Å². The molecule has 1 atom stereocenters. The predicted octanol–water partition coefficient (Wildman–Crippen LogP) is 44.8. The van der Waals surface area contributed by atoms with E-state index in [2.05, 4.69) is 446 Å². The maximum Gasteiger partial charge on any atom is -0.00814 e. The maximum atomic E-state index is 3.90. The second-order valence-corrected chi connectivity index (χ2v) is 36.2. The zero-order valence-corrected chi connectivity index (χ0v) is 91.3. The Morgan fingerprint density at radius 3 is 0.769 bits per heavy atom. The topological polar surface area (TPSA) is 0 Å². The number of hydrogen-bond donors (Lipinski definition) is 0. The third kappa shape index (κ3) is 144. The maximum absolute atomic E-state index is 3.90. The molecule has 0 N–H and O–H groups in total. The summed E-state index contributed by atoms with van der Waals surface area (Å²) in [6, 6.07) is 0. The van der Waals surface area contributed by atoms with Gasteiger partial charge in [0.2, 0.25) is 0 Å². The van der Waals surface area contributed by atoms with Gasteiger partial charge in [0.05, 0.1) is 0 Å². The first-order chi connectivity index (χ1) is 61.1. The van der Waals surface area contributed by atoms with Crippen LogP contribution < -0.4 is 0 Å². The minimum absolute atomic E-state index is 0.482. The Hall–Kier alpha value is -9.36. The van der Waals surface area contributed by atoms with Crippen LogP contribution in [0.15, 0.2) is 433 Å². The Morgan fingerprint density at radius 1 is 0.246 bits per heavy atom. The standard InChI is InChI=1S/5C15H24.C14H22.C11H18.3C10H16/c5*1-6-14(4)10-8-12-15(5)11-7-9-13(2)3;1-5-6-7-8-11-14(4)12-9-10-13(2)3;1-5-11(6-2)9-7-8-10(3)4;3*1-5-10(4)8-6-7-9(2)3/h6,9-10,12H,1,7-8,11H2,2-5H3;3*6,9,12H,1,4,7-8,10-11H2,2-3,5H3;6-7,11-13H,1,4,8-10H2,2-3,5H3;5-7,10-11H,1,8-9,12H2,2-4H3;5,8-9H,1,6-7H2,2-4H3;5,7-8H,1,6H2,2-4H3;5-8,10H,1H2,2-4H3;5,7H,1,4,6,8H2,2-3H3/b14-10+,15-12+;2*15-12+;15-12-;11-7-,15-12+;7-6+,14-11+;11-9+;10-8+;8-6-;. The van der Waals surface area contributed by atoms with Crippen LogP contribution in [0.5, 0.6) is 0 Å². The molecule has 0 aromatic carbocycles. The van der Waals surface area contributed by atoms with Gasteiger partial charge in [0.1, 0.15) is 0 Å². The molecule has 0 aliphatic heterocycles.